The van der Waals surface area contributed by atoms with E-state index in [0.717, 1.165) is 0 Å². The second-order valence-corrected chi connectivity index (χ2v) is 8.50. The first-order valence-corrected chi connectivity index (χ1v) is 7.49. The molecule has 0 aliphatic rings. The van der Waals surface area contributed by atoms with E-state index in [9.17, 15) is 0 Å². The molecule has 0 saturated heterocycles. The lowest BCUT2D eigenvalue weighted by molar-refractivity contribution is 0.257. The highest BCUT2D eigenvalue weighted by molar-refractivity contribution is 4.99. The average molecular weight is 282 g/mol. The van der Waals surface area contributed by atoms with Gasteiger partial charge in [0.1, 0.15) is 11.1 Å². The van der Waals surface area contributed by atoms with Gasteiger partial charge in [-0.15, -0.1) is 0 Å². The molecule has 0 aromatic carbocycles. The van der Waals surface area contributed by atoms with Gasteiger partial charge in [0.15, 0.2) is 0 Å². The molecule has 0 N–H and O–H groups in total. The van der Waals surface area contributed by atoms with Gasteiger partial charge in [-0.05, 0) is 68.2 Å². The smallest absolute Gasteiger partial charge is 0.102 e. The van der Waals surface area contributed by atoms with Crippen LogP contribution < -0.4 is 0 Å². The highest BCUT2D eigenvalue weighted by Crippen LogP contribution is 2.32. The third-order valence-corrected chi connectivity index (χ3v) is 4.07. The van der Waals surface area contributed by atoms with Gasteiger partial charge < -0.3 is 0 Å². The van der Waals surface area contributed by atoms with Crippen LogP contribution in [0, 0.1) is 5.92 Å². The number of hydrogen-bond donors (Lipinski definition) is 0. The highest BCUT2D eigenvalue weighted by Gasteiger charge is 2.39. The van der Waals surface area contributed by atoms with Gasteiger partial charge in [0.25, 0.3) is 0 Å². The Balaban J connectivity index is 5.22. The van der Waals surface area contributed by atoms with E-state index in [1.807, 2.05) is 20.8 Å². The van der Waals surface area contributed by atoms with Crippen molar-refractivity contribution >= 4 is 0 Å². The predicted molar refractivity (Wildman–Crippen MR) is 86.5 cm³/mol. The fraction of sp³-hybridized carbons (Fsp3) is 1.00. The second-order valence-electron chi connectivity index (χ2n) is 8.50. The molecule has 0 aliphatic carbocycles. The lowest BCUT2D eigenvalue weighted by Crippen LogP contribution is -2.42. The van der Waals surface area contributed by atoms with Gasteiger partial charge in [0.2, 0.25) is 0 Å². The van der Waals surface area contributed by atoms with Crippen molar-refractivity contribution in [2.45, 2.75) is 98.3 Å². The quantitative estimate of drug-likeness (QED) is 0.582. The van der Waals surface area contributed by atoms with E-state index in [1.165, 1.54) is 0 Å². The van der Waals surface area contributed by atoms with Gasteiger partial charge in [-0.3, -0.25) is 0 Å². The van der Waals surface area contributed by atoms with Crippen molar-refractivity contribution in [2.24, 2.45) is 26.4 Å². The molecule has 0 radical (unpaired) electrons. The first-order valence-electron chi connectivity index (χ1n) is 7.49. The fourth-order valence-electron chi connectivity index (χ4n) is 0.889. The molecule has 4 heteroatoms. The van der Waals surface area contributed by atoms with Crippen LogP contribution >= 0.6 is 0 Å². The zero-order chi connectivity index (χ0) is 16.4. The van der Waals surface area contributed by atoms with E-state index < -0.39 is 11.1 Å². The standard InChI is InChI=1S/C16H34N4/c1-12(2)14(6,7)18-20-16(10,11)15(8,9)19-17-13(3,4)5/h12H,1-11H3. The van der Waals surface area contributed by atoms with Crippen molar-refractivity contribution in [1.29, 1.82) is 0 Å². The molecular formula is C16H34N4. The van der Waals surface area contributed by atoms with Crippen LogP contribution in [0.15, 0.2) is 20.5 Å². The molecular weight excluding hydrogens is 248 g/mol. The van der Waals surface area contributed by atoms with Crippen LogP contribution in [-0.2, 0) is 0 Å². The summed E-state index contributed by atoms with van der Waals surface area (Å²) in [6, 6.07) is 0. The SMILES string of the molecule is CC(C)C(C)(C)N=NC(C)(C)C(C)(C)N=NC(C)(C)C. The van der Waals surface area contributed by atoms with Gasteiger partial charge in [-0.2, -0.15) is 20.5 Å². The monoisotopic (exact) mass is 282 g/mol. The summed E-state index contributed by atoms with van der Waals surface area (Å²) >= 11 is 0. The summed E-state index contributed by atoms with van der Waals surface area (Å²) in [6.45, 7) is 22.9. The molecule has 20 heavy (non-hydrogen) atoms. The Labute approximate surface area is 125 Å². The summed E-state index contributed by atoms with van der Waals surface area (Å²) in [5, 5.41) is 18.1. The number of azo groups is 2. The second kappa shape index (κ2) is 5.90. The van der Waals surface area contributed by atoms with Crippen molar-refractivity contribution < 1.29 is 0 Å². The summed E-state index contributed by atoms with van der Waals surface area (Å²) < 4.78 is 0. The van der Waals surface area contributed by atoms with E-state index in [4.69, 9.17) is 0 Å². The summed E-state index contributed by atoms with van der Waals surface area (Å²) in [6.07, 6.45) is 0. The minimum Gasteiger partial charge on any atom is -0.188 e. The van der Waals surface area contributed by atoms with E-state index in [2.05, 4.69) is 75.8 Å². The maximum Gasteiger partial charge on any atom is 0.102 e. The molecule has 0 bridgehead atoms. The Bertz CT molecular complexity index is 368. The Kier molecular flexibility index (Phi) is 5.67. The molecule has 0 atom stereocenters. The summed E-state index contributed by atoms with van der Waals surface area (Å²) in [7, 11) is 0. The van der Waals surface area contributed by atoms with Crippen LogP contribution in [0.1, 0.15) is 76.2 Å². The minimum atomic E-state index is -0.395. The van der Waals surface area contributed by atoms with Gasteiger partial charge in [0.05, 0.1) is 11.1 Å². The van der Waals surface area contributed by atoms with Crippen LogP contribution in [0.25, 0.3) is 0 Å². The fourth-order valence-corrected chi connectivity index (χ4v) is 0.889. The molecule has 0 aromatic heterocycles. The molecule has 0 fully saturated rings. The van der Waals surface area contributed by atoms with Crippen molar-refractivity contribution in [3.8, 4) is 0 Å². The molecule has 0 aliphatic heterocycles. The number of rotatable bonds is 5. The first kappa shape index (κ1) is 19.2. The molecule has 0 rings (SSSR count). The lowest BCUT2D eigenvalue weighted by atomic mass is 9.84. The molecule has 0 unspecified atom stereocenters. The van der Waals surface area contributed by atoms with Crippen molar-refractivity contribution in [3.05, 3.63) is 0 Å². The normalized spacial score (nSPS) is 15.8. The van der Waals surface area contributed by atoms with Crippen LogP contribution in [0.4, 0.5) is 0 Å². The van der Waals surface area contributed by atoms with Crippen LogP contribution in [0.2, 0.25) is 0 Å². The minimum absolute atomic E-state index is 0.158. The maximum absolute atomic E-state index is 4.59. The molecule has 0 heterocycles. The van der Waals surface area contributed by atoms with E-state index in [-0.39, 0.29) is 11.1 Å². The van der Waals surface area contributed by atoms with E-state index in [0.29, 0.717) is 5.92 Å². The number of hydrogen-bond acceptors (Lipinski definition) is 4. The van der Waals surface area contributed by atoms with Gasteiger partial charge >= 0.3 is 0 Å². The predicted octanol–water partition coefficient (Wildman–Crippen LogP) is 5.68. The molecule has 0 spiro atoms. The third kappa shape index (κ3) is 5.68. The number of nitrogens with zero attached hydrogens (tertiary/aromatic N) is 4. The van der Waals surface area contributed by atoms with Gasteiger partial charge in [-0.25, -0.2) is 0 Å². The Morgan fingerprint density at radius 3 is 1.20 bits per heavy atom. The zero-order valence-electron chi connectivity index (χ0n) is 15.4. The summed E-state index contributed by atoms with van der Waals surface area (Å²) in [4.78, 5) is 0. The third-order valence-electron chi connectivity index (χ3n) is 4.07. The van der Waals surface area contributed by atoms with Crippen molar-refractivity contribution in [3.63, 3.8) is 0 Å². The average Bonchev–Trinajstić information content (AvgIpc) is 2.23. The Hall–Kier alpha value is -0.800. The zero-order valence-corrected chi connectivity index (χ0v) is 15.4. The van der Waals surface area contributed by atoms with Gasteiger partial charge in [0, 0.05) is 0 Å². The lowest BCUT2D eigenvalue weighted by Gasteiger charge is -2.35. The topological polar surface area (TPSA) is 49.4 Å². The molecule has 118 valence electrons. The molecule has 4 nitrogen and oxygen atoms in total. The summed E-state index contributed by atoms with van der Waals surface area (Å²) in [5.41, 5.74) is -1.11. The highest BCUT2D eigenvalue weighted by atomic mass is 15.3. The molecule has 0 saturated carbocycles. The Morgan fingerprint density at radius 1 is 0.550 bits per heavy atom. The van der Waals surface area contributed by atoms with Crippen molar-refractivity contribution in [2.75, 3.05) is 0 Å². The van der Waals surface area contributed by atoms with Gasteiger partial charge in [-0.1, -0.05) is 13.8 Å². The largest absolute Gasteiger partial charge is 0.188 e. The van der Waals surface area contributed by atoms with Crippen LogP contribution in [0.5, 0.6) is 0 Å². The van der Waals surface area contributed by atoms with Crippen LogP contribution in [-0.4, -0.2) is 22.2 Å². The molecule has 0 amide bonds. The van der Waals surface area contributed by atoms with Crippen LogP contribution in [0.3, 0.4) is 0 Å². The Morgan fingerprint density at radius 2 is 0.900 bits per heavy atom. The summed E-state index contributed by atoms with van der Waals surface area (Å²) in [5.74, 6) is 0.446. The van der Waals surface area contributed by atoms with E-state index >= 15 is 0 Å². The van der Waals surface area contributed by atoms with E-state index in [1.54, 1.807) is 0 Å². The van der Waals surface area contributed by atoms with Crippen molar-refractivity contribution in [1.82, 2.24) is 0 Å². The first-order chi connectivity index (χ1) is 8.61. The maximum atomic E-state index is 4.59. The molecule has 0 aromatic rings.